The van der Waals surface area contributed by atoms with Crippen LogP contribution in [0.3, 0.4) is 0 Å². The number of rotatable bonds is 6. The van der Waals surface area contributed by atoms with Crippen molar-refractivity contribution in [2.24, 2.45) is 0 Å². The fourth-order valence-corrected chi connectivity index (χ4v) is 3.65. The molecular formula is C21H19NO6S. The van der Waals surface area contributed by atoms with Crippen molar-refractivity contribution in [3.8, 4) is 11.3 Å². The molecule has 1 aromatic carbocycles. The van der Waals surface area contributed by atoms with Gasteiger partial charge in [-0.3, -0.25) is 19.3 Å². The SMILES string of the molecule is CCOC(=O)[C@H](C)N1C(=O)S/C(=C/c2ccc(-c3ccc(C(C)=O)cc3)o2)C1=O. The number of carbonyl (C=O) groups excluding carboxylic acids is 4. The average molecular weight is 413 g/mol. The van der Waals surface area contributed by atoms with Crippen molar-refractivity contribution in [2.45, 2.75) is 26.8 Å². The van der Waals surface area contributed by atoms with Crippen LogP contribution in [0.15, 0.2) is 45.7 Å². The lowest BCUT2D eigenvalue weighted by Crippen LogP contribution is -2.42. The van der Waals surface area contributed by atoms with Crippen molar-refractivity contribution in [3.05, 3.63) is 52.6 Å². The number of amides is 2. The molecule has 1 fully saturated rings. The molecule has 8 heteroatoms. The molecule has 2 amide bonds. The maximum atomic E-state index is 12.6. The third-order valence-electron chi connectivity index (χ3n) is 4.31. The summed E-state index contributed by atoms with van der Waals surface area (Å²) in [6, 6.07) is 9.38. The fourth-order valence-electron chi connectivity index (χ4n) is 2.77. The molecule has 0 saturated carbocycles. The Morgan fingerprint density at radius 1 is 1.17 bits per heavy atom. The molecular weight excluding hydrogens is 394 g/mol. The van der Waals surface area contributed by atoms with Gasteiger partial charge >= 0.3 is 5.97 Å². The Morgan fingerprint density at radius 3 is 2.48 bits per heavy atom. The number of thioether (sulfide) groups is 1. The maximum Gasteiger partial charge on any atom is 0.329 e. The maximum absolute atomic E-state index is 12.6. The summed E-state index contributed by atoms with van der Waals surface area (Å²) < 4.78 is 10.6. The van der Waals surface area contributed by atoms with E-state index in [9.17, 15) is 19.2 Å². The first-order valence-electron chi connectivity index (χ1n) is 8.96. The lowest BCUT2D eigenvalue weighted by Gasteiger charge is -2.19. The molecule has 1 saturated heterocycles. The van der Waals surface area contributed by atoms with Gasteiger partial charge in [0.15, 0.2) is 5.78 Å². The van der Waals surface area contributed by atoms with Crippen molar-refractivity contribution in [1.82, 2.24) is 4.90 Å². The van der Waals surface area contributed by atoms with E-state index in [1.807, 2.05) is 0 Å². The number of ketones is 1. The second-order valence-electron chi connectivity index (χ2n) is 6.32. The molecule has 0 bridgehead atoms. The zero-order valence-corrected chi connectivity index (χ0v) is 16.9. The number of imide groups is 1. The van der Waals surface area contributed by atoms with Gasteiger partial charge in [0.05, 0.1) is 11.5 Å². The Labute approximate surface area is 171 Å². The van der Waals surface area contributed by atoms with Gasteiger partial charge in [0, 0.05) is 17.2 Å². The van der Waals surface area contributed by atoms with Crippen LogP contribution >= 0.6 is 11.8 Å². The van der Waals surface area contributed by atoms with Gasteiger partial charge in [-0.25, -0.2) is 4.79 Å². The molecule has 7 nitrogen and oxygen atoms in total. The number of benzene rings is 1. The van der Waals surface area contributed by atoms with Crippen molar-refractivity contribution in [2.75, 3.05) is 6.61 Å². The smallest absolute Gasteiger partial charge is 0.329 e. The summed E-state index contributed by atoms with van der Waals surface area (Å²) in [5.41, 5.74) is 1.38. The lowest BCUT2D eigenvalue weighted by molar-refractivity contribution is -0.150. The Hall–Kier alpha value is -3.13. The Balaban J connectivity index is 1.79. The molecule has 1 aliphatic rings. The number of nitrogens with zero attached hydrogens (tertiary/aromatic N) is 1. The van der Waals surface area contributed by atoms with Gasteiger partial charge in [0.2, 0.25) is 0 Å². The molecule has 2 heterocycles. The summed E-state index contributed by atoms with van der Waals surface area (Å²) >= 11 is 0.744. The first kappa shape index (κ1) is 20.6. The summed E-state index contributed by atoms with van der Waals surface area (Å²) in [5, 5.41) is -0.534. The highest BCUT2D eigenvalue weighted by Crippen LogP contribution is 2.34. The van der Waals surface area contributed by atoms with Crippen LogP contribution < -0.4 is 0 Å². The summed E-state index contributed by atoms with van der Waals surface area (Å²) in [5.74, 6) is -0.269. The van der Waals surface area contributed by atoms with Gasteiger partial charge in [-0.1, -0.05) is 24.3 Å². The second kappa shape index (κ2) is 8.48. The van der Waals surface area contributed by atoms with Crippen LogP contribution in [0.25, 0.3) is 17.4 Å². The quantitative estimate of drug-likeness (QED) is 0.399. The van der Waals surface area contributed by atoms with E-state index in [0.717, 1.165) is 22.2 Å². The third kappa shape index (κ3) is 4.32. The minimum atomic E-state index is -1.000. The van der Waals surface area contributed by atoms with Gasteiger partial charge in [-0.05, 0) is 44.7 Å². The molecule has 29 heavy (non-hydrogen) atoms. The van der Waals surface area contributed by atoms with E-state index in [-0.39, 0.29) is 17.3 Å². The van der Waals surface area contributed by atoms with Gasteiger partial charge in [0.1, 0.15) is 17.6 Å². The lowest BCUT2D eigenvalue weighted by atomic mass is 10.1. The molecule has 1 aromatic heterocycles. The van der Waals surface area contributed by atoms with Crippen LogP contribution in [0.5, 0.6) is 0 Å². The summed E-state index contributed by atoms with van der Waals surface area (Å²) in [6.45, 7) is 4.76. The van der Waals surface area contributed by atoms with E-state index >= 15 is 0 Å². The molecule has 0 spiro atoms. The van der Waals surface area contributed by atoms with Gasteiger partial charge < -0.3 is 9.15 Å². The Morgan fingerprint density at radius 2 is 1.86 bits per heavy atom. The zero-order valence-electron chi connectivity index (χ0n) is 16.1. The fraction of sp³-hybridized carbons (Fsp3) is 0.238. The van der Waals surface area contributed by atoms with Gasteiger partial charge in [0.25, 0.3) is 11.1 Å². The van der Waals surface area contributed by atoms with Crippen LogP contribution in [-0.4, -0.2) is 40.4 Å². The van der Waals surface area contributed by atoms with E-state index in [0.29, 0.717) is 17.1 Å². The molecule has 0 N–H and O–H groups in total. The van der Waals surface area contributed by atoms with E-state index in [4.69, 9.17) is 9.15 Å². The number of Topliss-reactive ketones (excluding diaryl/α,β-unsaturated/α-hetero) is 1. The largest absolute Gasteiger partial charge is 0.464 e. The number of carbonyl (C=O) groups is 4. The highest BCUT2D eigenvalue weighted by Gasteiger charge is 2.41. The van der Waals surface area contributed by atoms with Crippen LogP contribution in [0.4, 0.5) is 4.79 Å². The minimum Gasteiger partial charge on any atom is -0.464 e. The average Bonchev–Trinajstić information content (AvgIpc) is 3.26. The van der Waals surface area contributed by atoms with E-state index in [2.05, 4.69) is 0 Å². The standard InChI is InChI=1S/C21H19NO6S/c1-4-27-20(25)12(2)22-19(24)18(29-21(22)26)11-16-9-10-17(28-16)15-7-5-14(6-8-15)13(3)23/h5-12H,4H2,1-3H3/b18-11+/t12-/m0/s1. The molecule has 2 aromatic rings. The first-order valence-corrected chi connectivity index (χ1v) is 9.78. The van der Waals surface area contributed by atoms with E-state index < -0.39 is 23.2 Å². The monoisotopic (exact) mass is 413 g/mol. The predicted octanol–water partition coefficient (Wildman–Crippen LogP) is 4.14. The van der Waals surface area contributed by atoms with Crippen LogP contribution in [-0.2, 0) is 14.3 Å². The molecule has 1 atom stereocenters. The Bertz CT molecular complexity index is 1000. The van der Waals surface area contributed by atoms with Crippen LogP contribution in [0.2, 0.25) is 0 Å². The molecule has 150 valence electrons. The summed E-state index contributed by atoms with van der Waals surface area (Å²) in [7, 11) is 0. The van der Waals surface area contributed by atoms with Crippen LogP contribution in [0.1, 0.15) is 36.9 Å². The number of ether oxygens (including phenoxy) is 1. The topological polar surface area (TPSA) is 93.9 Å². The van der Waals surface area contributed by atoms with Gasteiger partial charge in [-0.2, -0.15) is 0 Å². The summed E-state index contributed by atoms with van der Waals surface area (Å²) in [4.78, 5) is 49.1. The zero-order chi connectivity index (χ0) is 21.1. The predicted molar refractivity (Wildman–Crippen MR) is 108 cm³/mol. The molecule has 0 unspecified atom stereocenters. The van der Waals surface area contributed by atoms with E-state index in [1.54, 1.807) is 43.3 Å². The minimum absolute atomic E-state index is 0.0237. The highest BCUT2D eigenvalue weighted by atomic mass is 32.2. The highest BCUT2D eigenvalue weighted by molar-refractivity contribution is 8.18. The van der Waals surface area contributed by atoms with E-state index in [1.165, 1.54) is 19.9 Å². The van der Waals surface area contributed by atoms with Gasteiger partial charge in [-0.15, -0.1) is 0 Å². The molecule has 3 rings (SSSR count). The first-order chi connectivity index (χ1) is 13.8. The van der Waals surface area contributed by atoms with Crippen molar-refractivity contribution in [1.29, 1.82) is 0 Å². The number of hydrogen-bond donors (Lipinski definition) is 0. The molecule has 0 radical (unpaired) electrons. The number of esters is 1. The second-order valence-corrected chi connectivity index (χ2v) is 7.31. The Kier molecular flexibility index (Phi) is 6.03. The van der Waals surface area contributed by atoms with Crippen molar-refractivity contribution < 1.29 is 28.3 Å². The molecule has 1 aliphatic heterocycles. The van der Waals surface area contributed by atoms with Crippen molar-refractivity contribution >= 4 is 40.7 Å². The van der Waals surface area contributed by atoms with Crippen LogP contribution in [0, 0.1) is 0 Å². The summed E-state index contributed by atoms with van der Waals surface area (Å²) in [6.07, 6.45) is 1.47. The van der Waals surface area contributed by atoms with Crippen molar-refractivity contribution in [3.63, 3.8) is 0 Å². The number of furan rings is 1. The number of hydrogen-bond acceptors (Lipinski definition) is 7. The third-order valence-corrected chi connectivity index (χ3v) is 5.20. The normalized spacial score (nSPS) is 16.4. The molecule has 0 aliphatic carbocycles.